The molecule has 3 N–H and O–H groups in total. The molecule has 0 fully saturated rings. The number of nitrogens with two attached hydrogens (primary N) is 1. The van der Waals surface area contributed by atoms with Gasteiger partial charge in [0.05, 0.1) is 11.0 Å². The number of hydrogen-bond acceptors (Lipinski definition) is 5. The van der Waals surface area contributed by atoms with Gasteiger partial charge in [-0.15, -0.1) is 0 Å². The second-order valence-corrected chi connectivity index (χ2v) is 4.44. The molecule has 3 rings (SSSR count). The molecule has 0 atom stereocenters. The smallest absolute Gasteiger partial charge is 0.331 e. The van der Waals surface area contributed by atoms with E-state index < -0.39 is 0 Å². The maximum absolute atomic E-state index is 12.1. The number of ether oxygens (including phenoxy) is 1. The van der Waals surface area contributed by atoms with Crippen LogP contribution in [0.4, 0.5) is 5.95 Å². The van der Waals surface area contributed by atoms with Gasteiger partial charge in [-0.25, -0.2) is 15.6 Å². The minimum Gasteiger partial charge on any atom is -0.425 e. The van der Waals surface area contributed by atoms with Gasteiger partial charge in [-0.2, -0.15) is 0 Å². The first kappa shape index (κ1) is 13.1. The third kappa shape index (κ3) is 2.70. The summed E-state index contributed by atoms with van der Waals surface area (Å²) in [6.45, 7) is 0.0228. The van der Waals surface area contributed by atoms with Gasteiger partial charge in [-0.1, -0.05) is 30.3 Å². The second-order valence-electron chi connectivity index (χ2n) is 4.44. The molecule has 0 bridgehead atoms. The van der Waals surface area contributed by atoms with Crippen molar-refractivity contribution < 1.29 is 9.53 Å². The molecule has 0 aliphatic carbocycles. The molecule has 0 spiro atoms. The topological polar surface area (TPSA) is 82.2 Å². The standard InChI is InChI=1S/C15H14N4O2/c16-18-15-17-12-8-4-5-9-13(12)19(15)10-14(20)21-11-6-2-1-3-7-11/h1-9H,10,16H2,(H,17,18). The Bertz CT molecular complexity index is 768. The van der Waals surface area contributed by atoms with Gasteiger partial charge in [-0.05, 0) is 24.3 Å². The highest BCUT2D eigenvalue weighted by molar-refractivity contribution is 5.81. The Morgan fingerprint density at radius 2 is 1.86 bits per heavy atom. The highest BCUT2D eigenvalue weighted by atomic mass is 16.5. The predicted octanol–water partition coefficient (Wildman–Crippen LogP) is 1.93. The molecule has 3 aromatic rings. The Labute approximate surface area is 121 Å². The van der Waals surface area contributed by atoms with Crippen molar-refractivity contribution in [2.75, 3.05) is 5.43 Å². The quantitative estimate of drug-likeness (QED) is 0.331. The van der Waals surface area contributed by atoms with E-state index in [0.717, 1.165) is 11.0 Å². The number of aromatic nitrogens is 2. The molecule has 0 radical (unpaired) electrons. The number of nitrogens with zero attached hydrogens (tertiary/aromatic N) is 2. The molecule has 0 unspecified atom stereocenters. The highest BCUT2D eigenvalue weighted by Gasteiger charge is 2.14. The van der Waals surface area contributed by atoms with Crippen LogP contribution in [0.25, 0.3) is 11.0 Å². The van der Waals surface area contributed by atoms with E-state index in [1.165, 1.54) is 0 Å². The van der Waals surface area contributed by atoms with Crippen LogP contribution in [0, 0.1) is 0 Å². The number of rotatable bonds is 4. The maximum atomic E-state index is 12.1. The lowest BCUT2D eigenvalue weighted by atomic mass is 10.3. The van der Waals surface area contributed by atoms with Crippen molar-refractivity contribution in [3.63, 3.8) is 0 Å². The summed E-state index contributed by atoms with van der Waals surface area (Å²) < 4.78 is 6.96. The predicted molar refractivity (Wildman–Crippen MR) is 79.6 cm³/mol. The van der Waals surface area contributed by atoms with Crippen LogP contribution in [0.1, 0.15) is 0 Å². The molecular weight excluding hydrogens is 268 g/mol. The van der Waals surface area contributed by atoms with Crippen molar-refractivity contribution in [2.24, 2.45) is 5.84 Å². The van der Waals surface area contributed by atoms with Crippen molar-refractivity contribution in [2.45, 2.75) is 6.54 Å². The lowest BCUT2D eigenvalue weighted by Crippen LogP contribution is -2.20. The molecule has 0 aliphatic rings. The number of para-hydroxylation sites is 3. The van der Waals surface area contributed by atoms with Crippen molar-refractivity contribution >= 4 is 23.0 Å². The largest absolute Gasteiger partial charge is 0.425 e. The van der Waals surface area contributed by atoms with Crippen LogP contribution in [0.3, 0.4) is 0 Å². The molecule has 6 heteroatoms. The van der Waals surface area contributed by atoms with E-state index in [0.29, 0.717) is 11.7 Å². The Balaban J connectivity index is 1.85. The van der Waals surface area contributed by atoms with E-state index in [2.05, 4.69) is 10.4 Å². The lowest BCUT2D eigenvalue weighted by Gasteiger charge is -2.08. The van der Waals surface area contributed by atoms with Gasteiger partial charge in [0.2, 0.25) is 5.95 Å². The number of carbonyl (C=O) groups excluding carboxylic acids is 1. The number of imidazole rings is 1. The third-order valence-corrected chi connectivity index (χ3v) is 3.05. The second kappa shape index (κ2) is 5.64. The average molecular weight is 282 g/mol. The van der Waals surface area contributed by atoms with Crippen LogP contribution in [-0.4, -0.2) is 15.5 Å². The molecule has 1 aromatic heterocycles. The van der Waals surface area contributed by atoms with Crippen molar-refractivity contribution in [1.29, 1.82) is 0 Å². The summed E-state index contributed by atoms with van der Waals surface area (Å²) in [6.07, 6.45) is 0. The Morgan fingerprint density at radius 1 is 1.14 bits per heavy atom. The number of nitrogen functional groups attached to an aromatic ring is 1. The van der Waals surface area contributed by atoms with E-state index in [1.807, 2.05) is 42.5 Å². The number of carbonyl (C=O) groups is 1. The Morgan fingerprint density at radius 3 is 2.62 bits per heavy atom. The number of fused-ring (bicyclic) bond motifs is 1. The number of esters is 1. The zero-order chi connectivity index (χ0) is 14.7. The SMILES string of the molecule is NNc1nc2ccccc2n1CC(=O)Oc1ccccc1. The zero-order valence-electron chi connectivity index (χ0n) is 11.2. The summed E-state index contributed by atoms with van der Waals surface area (Å²) in [4.78, 5) is 16.4. The summed E-state index contributed by atoms with van der Waals surface area (Å²) in [5, 5.41) is 0. The molecule has 0 saturated carbocycles. The van der Waals surface area contributed by atoms with Crippen LogP contribution in [-0.2, 0) is 11.3 Å². The van der Waals surface area contributed by atoms with Crippen LogP contribution >= 0.6 is 0 Å². The highest BCUT2D eigenvalue weighted by Crippen LogP contribution is 2.19. The van der Waals surface area contributed by atoms with Gasteiger partial charge in [0.25, 0.3) is 0 Å². The Hall–Kier alpha value is -2.86. The number of hydrogen-bond donors (Lipinski definition) is 2. The number of anilines is 1. The maximum Gasteiger partial charge on any atom is 0.331 e. The van der Waals surface area contributed by atoms with Crippen molar-refractivity contribution in [1.82, 2.24) is 9.55 Å². The number of hydrazine groups is 1. The molecule has 0 aliphatic heterocycles. The molecule has 21 heavy (non-hydrogen) atoms. The fraction of sp³-hybridized carbons (Fsp3) is 0.0667. The van der Waals surface area contributed by atoms with Crippen LogP contribution < -0.4 is 16.0 Å². The summed E-state index contributed by atoms with van der Waals surface area (Å²) in [5.74, 6) is 6.00. The lowest BCUT2D eigenvalue weighted by molar-refractivity contribution is -0.134. The summed E-state index contributed by atoms with van der Waals surface area (Å²) in [5.41, 5.74) is 4.08. The minimum atomic E-state index is -0.388. The van der Waals surface area contributed by atoms with Crippen LogP contribution in [0.2, 0.25) is 0 Å². The molecule has 6 nitrogen and oxygen atoms in total. The summed E-state index contributed by atoms with van der Waals surface area (Å²) in [7, 11) is 0. The van der Waals surface area contributed by atoms with Gasteiger partial charge in [0.15, 0.2) is 0 Å². The number of nitrogens with one attached hydrogen (secondary N) is 1. The molecule has 0 saturated heterocycles. The third-order valence-electron chi connectivity index (χ3n) is 3.05. The van der Waals surface area contributed by atoms with Gasteiger partial charge >= 0.3 is 5.97 Å². The van der Waals surface area contributed by atoms with E-state index in [-0.39, 0.29) is 12.5 Å². The molecule has 1 heterocycles. The first-order chi connectivity index (χ1) is 10.3. The molecule has 2 aromatic carbocycles. The molecule has 106 valence electrons. The fourth-order valence-electron chi connectivity index (χ4n) is 2.13. The van der Waals surface area contributed by atoms with E-state index in [9.17, 15) is 4.79 Å². The van der Waals surface area contributed by atoms with E-state index in [1.54, 1.807) is 16.7 Å². The van der Waals surface area contributed by atoms with Gasteiger partial charge < -0.3 is 4.74 Å². The van der Waals surface area contributed by atoms with Gasteiger partial charge in [0, 0.05) is 0 Å². The minimum absolute atomic E-state index is 0.0228. The van der Waals surface area contributed by atoms with Gasteiger partial charge in [-0.3, -0.25) is 9.99 Å². The van der Waals surface area contributed by atoms with Crippen molar-refractivity contribution in [3.05, 3.63) is 54.6 Å². The van der Waals surface area contributed by atoms with Gasteiger partial charge in [0.1, 0.15) is 12.3 Å². The first-order valence-electron chi connectivity index (χ1n) is 6.45. The normalized spacial score (nSPS) is 10.5. The summed E-state index contributed by atoms with van der Waals surface area (Å²) >= 11 is 0. The fourth-order valence-corrected chi connectivity index (χ4v) is 2.13. The summed E-state index contributed by atoms with van der Waals surface area (Å²) in [6, 6.07) is 16.4. The molecule has 0 amide bonds. The number of benzene rings is 2. The molecular formula is C15H14N4O2. The van der Waals surface area contributed by atoms with Crippen LogP contribution in [0.15, 0.2) is 54.6 Å². The van der Waals surface area contributed by atoms with E-state index in [4.69, 9.17) is 10.6 Å². The average Bonchev–Trinajstić information content (AvgIpc) is 2.86. The first-order valence-corrected chi connectivity index (χ1v) is 6.45. The monoisotopic (exact) mass is 282 g/mol. The zero-order valence-corrected chi connectivity index (χ0v) is 11.2. The Kier molecular flexibility index (Phi) is 3.53. The van der Waals surface area contributed by atoms with Crippen LogP contribution in [0.5, 0.6) is 5.75 Å². The van der Waals surface area contributed by atoms with Crippen molar-refractivity contribution in [3.8, 4) is 5.75 Å². The van der Waals surface area contributed by atoms with E-state index >= 15 is 0 Å².